The molecule has 7 nitrogen and oxygen atoms in total. The number of aliphatic hydroxyl groups excluding tert-OH is 1. The Hall–Kier alpha value is -3.05. The van der Waals surface area contributed by atoms with Gasteiger partial charge in [-0.3, -0.25) is 4.79 Å². The zero-order chi connectivity index (χ0) is 25.2. The number of rotatable bonds is 7. The average Bonchev–Trinajstić information content (AvgIpc) is 3.29. The van der Waals surface area contributed by atoms with Gasteiger partial charge in [0.2, 0.25) is 5.95 Å². The van der Waals surface area contributed by atoms with Gasteiger partial charge in [0.05, 0.1) is 22.4 Å². The normalized spacial score (nSPS) is 19.3. The predicted octanol–water partition coefficient (Wildman–Crippen LogP) is 5.64. The number of thiazole rings is 1. The van der Waals surface area contributed by atoms with Crippen molar-refractivity contribution in [3.8, 4) is 10.4 Å². The van der Waals surface area contributed by atoms with E-state index in [2.05, 4.69) is 20.3 Å². The molecule has 0 aliphatic heterocycles. The molecular formula is C24H25F3N4O3S. The van der Waals surface area contributed by atoms with Crippen molar-refractivity contribution in [3.05, 3.63) is 52.9 Å². The van der Waals surface area contributed by atoms with Gasteiger partial charge in [0.1, 0.15) is 5.69 Å². The molecule has 0 spiro atoms. The minimum Gasteiger partial charge on any atom is -0.481 e. The van der Waals surface area contributed by atoms with Gasteiger partial charge in [-0.1, -0.05) is 6.07 Å². The molecule has 0 bridgehead atoms. The van der Waals surface area contributed by atoms with E-state index >= 15 is 0 Å². The minimum atomic E-state index is -4.56. The van der Waals surface area contributed by atoms with Gasteiger partial charge in [-0.25, -0.2) is 15.0 Å². The molecule has 35 heavy (non-hydrogen) atoms. The van der Waals surface area contributed by atoms with Crippen LogP contribution in [0.5, 0.6) is 0 Å². The fourth-order valence-electron chi connectivity index (χ4n) is 4.49. The first-order valence-electron chi connectivity index (χ1n) is 11.2. The molecule has 1 unspecified atom stereocenters. The highest BCUT2D eigenvalue weighted by atomic mass is 32.1. The van der Waals surface area contributed by atoms with E-state index in [1.54, 1.807) is 18.3 Å². The molecule has 186 valence electrons. The van der Waals surface area contributed by atoms with Crippen molar-refractivity contribution in [1.29, 1.82) is 0 Å². The molecule has 1 aromatic carbocycles. The molecule has 0 radical (unpaired) electrons. The van der Waals surface area contributed by atoms with Gasteiger partial charge in [-0.2, -0.15) is 13.2 Å². The number of carboxylic acids is 1. The summed E-state index contributed by atoms with van der Waals surface area (Å²) in [4.78, 5) is 24.1. The number of hydrogen-bond acceptors (Lipinski definition) is 7. The van der Waals surface area contributed by atoms with Crippen molar-refractivity contribution >= 4 is 28.9 Å². The third kappa shape index (κ3) is 5.96. The monoisotopic (exact) mass is 506 g/mol. The quantitative estimate of drug-likeness (QED) is 0.381. The van der Waals surface area contributed by atoms with Gasteiger partial charge in [-0.05, 0) is 67.9 Å². The molecule has 0 saturated heterocycles. The number of halogens is 3. The van der Waals surface area contributed by atoms with Crippen molar-refractivity contribution in [1.82, 2.24) is 15.0 Å². The number of aliphatic carboxylic acids is 1. The molecule has 3 N–H and O–H groups in total. The minimum absolute atomic E-state index is 0.0666. The molecule has 2 aromatic heterocycles. The largest absolute Gasteiger partial charge is 0.481 e. The lowest BCUT2D eigenvalue weighted by Crippen LogP contribution is -2.26. The molecule has 1 aliphatic rings. The Balaban J connectivity index is 1.53. The summed E-state index contributed by atoms with van der Waals surface area (Å²) in [7, 11) is 0. The van der Waals surface area contributed by atoms with Crippen LogP contribution in [-0.2, 0) is 11.0 Å². The van der Waals surface area contributed by atoms with E-state index in [4.69, 9.17) is 0 Å². The highest BCUT2D eigenvalue weighted by molar-refractivity contribution is 7.15. The number of carbonyl (C=O) groups is 1. The second-order valence-corrected chi connectivity index (χ2v) is 9.84. The maximum absolute atomic E-state index is 13.0. The summed E-state index contributed by atoms with van der Waals surface area (Å²) in [5.41, 5.74) is 1.23. The van der Waals surface area contributed by atoms with Crippen LogP contribution in [0.4, 0.5) is 24.8 Å². The lowest BCUT2D eigenvalue weighted by Gasteiger charge is -2.30. The molecule has 1 atom stereocenters. The number of aromatic nitrogens is 3. The van der Waals surface area contributed by atoms with E-state index in [9.17, 15) is 28.2 Å². The number of benzene rings is 1. The molecule has 3 aromatic rings. The summed E-state index contributed by atoms with van der Waals surface area (Å²) in [5, 5.41) is 22.9. The van der Waals surface area contributed by atoms with Crippen molar-refractivity contribution in [2.24, 2.45) is 11.8 Å². The number of carboxylic acid groups (broad SMARTS) is 1. The van der Waals surface area contributed by atoms with Crippen LogP contribution in [0.3, 0.4) is 0 Å². The van der Waals surface area contributed by atoms with Gasteiger partial charge in [0.15, 0.2) is 0 Å². The predicted molar refractivity (Wildman–Crippen MR) is 126 cm³/mol. The molecule has 1 fully saturated rings. The lowest BCUT2D eigenvalue weighted by molar-refractivity contribution is -0.143. The van der Waals surface area contributed by atoms with Crippen LogP contribution >= 0.6 is 11.3 Å². The van der Waals surface area contributed by atoms with Crippen LogP contribution in [0.25, 0.3) is 10.4 Å². The number of hydrogen-bond donors (Lipinski definition) is 3. The van der Waals surface area contributed by atoms with Crippen molar-refractivity contribution in [2.45, 2.75) is 44.7 Å². The first-order valence-corrected chi connectivity index (χ1v) is 12.0. The summed E-state index contributed by atoms with van der Waals surface area (Å²) in [6, 6.07) is 6.34. The summed E-state index contributed by atoms with van der Waals surface area (Å²) < 4.78 is 38.9. The topological polar surface area (TPSA) is 108 Å². The summed E-state index contributed by atoms with van der Waals surface area (Å²) in [5.74, 6) is -1.23. The molecular weight excluding hydrogens is 481 g/mol. The van der Waals surface area contributed by atoms with Crippen LogP contribution in [0, 0.1) is 18.8 Å². The Bertz CT molecular complexity index is 1190. The number of nitrogens with one attached hydrogen (secondary N) is 1. The lowest BCUT2D eigenvalue weighted by atomic mass is 9.76. The molecule has 1 aliphatic carbocycles. The van der Waals surface area contributed by atoms with E-state index in [-0.39, 0.29) is 30.3 Å². The zero-order valence-corrected chi connectivity index (χ0v) is 19.7. The van der Waals surface area contributed by atoms with Crippen molar-refractivity contribution in [2.75, 3.05) is 11.9 Å². The van der Waals surface area contributed by atoms with E-state index in [0.717, 1.165) is 46.1 Å². The SMILES string of the molecule is Cc1cc(Nc2nccc(C(F)(F)F)n2)cc(-c2cnc(C(CO)C3CCC(C(=O)O)CC3)s2)c1. The number of anilines is 2. The maximum atomic E-state index is 13.0. The van der Waals surface area contributed by atoms with E-state index in [0.29, 0.717) is 18.5 Å². The maximum Gasteiger partial charge on any atom is 0.433 e. The van der Waals surface area contributed by atoms with Crippen molar-refractivity contribution in [3.63, 3.8) is 0 Å². The number of alkyl halides is 3. The van der Waals surface area contributed by atoms with Gasteiger partial charge in [-0.15, -0.1) is 11.3 Å². The van der Waals surface area contributed by atoms with Crippen LogP contribution in [-0.4, -0.2) is 37.7 Å². The van der Waals surface area contributed by atoms with Crippen LogP contribution in [0.2, 0.25) is 0 Å². The Morgan fingerprint density at radius 1 is 1.20 bits per heavy atom. The number of nitrogens with zero attached hydrogens (tertiary/aromatic N) is 3. The number of aliphatic hydroxyl groups is 1. The fourth-order valence-corrected chi connectivity index (χ4v) is 5.58. The molecule has 0 amide bonds. The van der Waals surface area contributed by atoms with Crippen molar-refractivity contribution < 1.29 is 28.2 Å². The first-order chi connectivity index (χ1) is 16.6. The smallest absolute Gasteiger partial charge is 0.433 e. The van der Waals surface area contributed by atoms with Gasteiger partial charge in [0.25, 0.3) is 0 Å². The highest BCUT2D eigenvalue weighted by Gasteiger charge is 2.33. The average molecular weight is 507 g/mol. The van der Waals surface area contributed by atoms with E-state index in [1.165, 1.54) is 11.3 Å². The second-order valence-electron chi connectivity index (χ2n) is 8.78. The highest BCUT2D eigenvalue weighted by Crippen LogP contribution is 2.41. The van der Waals surface area contributed by atoms with Gasteiger partial charge < -0.3 is 15.5 Å². The Kier molecular flexibility index (Phi) is 7.36. The molecule has 2 heterocycles. The van der Waals surface area contributed by atoms with Gasteiger partial charge in [0, 0.05) is 24.0 Å². The number of aryl methyl sites for hydroxylation is 1. The third-order valence-corrected chi connectivity index (χ3v) is 7.47. The molecule has 4 rings (SSSR count). The van der Waals surface area contributed by atoms with Crippen LogP contribution in [0.15, 0.2) is 36.7 Å². The Labute approximate surface area is 204 Å². The summed E-state index contributed by atoms with van der Waals surface area (Å²) >= 11 is 1.45. The van der Waals surface area contributed by atoms with Gasteiger partial charge >= 0.3 is 12.1 Å². The fraction of sp³-hybridized carbons (Fsp3) is 0.417. The zero-order valence-electron chi connectivity index (χ0n) is 18.9. The Morgan fingerprint density at radius 3 is 2.60 bits per heavy atom. The standard InChI is InChI=1S/C24H25F3N4O3S/c1-13-8-16(10-17(9-13)30-23-28-7-6-20(31-23)24(25,26)27)19-11-29-21(35-19)18(12-32)14-2-4-15(5-3-14)22(33)34/h6-11,14-15,18,32H,2-5,12H2,1H3,(H,33,34)(H,28,30,31). The van der Waals surface area contributed by atoms with Crippen LogP contribution in [0.1, 0.15) is 47.9 Å². The molecule has 1 saturated carbocycles. The summed E-state index contributed by atoms with van der Waals surface area (Å²) in [6.07, 6.45) is 0.873. The molecule has 11 heteroatoms. The second kappa shape index (κ2) is 10.3. The van der Waals surface area contributed by atoms with E-state index in [1.807, 2.05) is 13.0 Å². The first kappa shape index (κ1) is 25.1. The summed E-state index contributed by atoms with van der Waals surface area (Å²) in [6.45, 7) is 1.81. The van der Waals surface area contributed by atoms with Crippen LogP contribution < -0.4 is 5.32 Å². The van der Waals surface area contributed by atoms with E-state index < -0.39 is 17.8 Å². The Morgan fingerprint density at radius 2 is 1.94 bits per heavy atom. The third-order valence-electron chi connectivity index (χ3n) is 6.29.